The van der Waals surface area contributed by atoms with Gasteiger partial charge < -0.3 is 15.2 Å². The summed E-state index contributed by atoms with van der Waals surface area (Å²) in [7, 11) is 1.64. The molecule has 6 nitrogen and oxygen atoms in total. The number of piperidine rings is 1. The Bertz CT molecular complexity index is 693. The van der Waals surface area contributed by atoms with Crippen LogP contribution >= 0.6 is 0 Å². The van der Waals surface area contributed by atoms with Gasteiger partial charge in [0.15, 0.2) is 0 Å². The van der Waals surface area contributed by atoms with Gasteiger partial charge in [0, 0.05) is 12.5 Å². The smallest absolute Gasteiger partial charge is 0.108 e. The Morgan fingerprint density at radius 2 is 2.13 bits per heavy atom. The van der Waals surface area contributed by atoms with E-state index in [4.69, 9.17) is 4.74 Å². The second kappa shape index (κ2) is 5.70. The fraction of sp³-hybridized carbons (Fsp3) is 0.529. The Kier molecular flexibility index (Phi) is 3.67. The maximum absolute atomic E-state index is 11.2. The van der Waals surface area contributed by atoms with Gasteiger partial charge in [-0.2, -0.15) is 0 Å². The van der Waals surface area contributed by atoms with E-state index in [0.29, 0.717) is 6.61 Å². The lowest BCUT2D eigenvalue weighted by molar-refractivity contribution is 0.0421. The first kappa shape index (κ1) is 14.8. The largest absolute Gasteiger partial charge is 0.390 e. The Morgan fingerprint density at radius 1 is 1.35 bits per heavy atom. The molecule has 1 saturated heterocycles. The Hall–Kier alpha value is -1.76. The molecule has 4 rings (SSSR count). The minimum atomic E-state index is -0.487. The summed E-state index contributed by atoms with van der Waals surface area (Å²) in [5.74, 6) is 0. The van der Waals surface area contributed by atoms with Gasteiger partial charge in [0.25, 0.3) is 0 Å². The lowest BCUT2D eigenvalue weighted by atomic mass is 9.72. The fourth-order valence-corrected chi connectivity index (χ4v) is 4.23. The summed E-state index contributed by atoms with van der Waals surface area (Å²) in [5.41, 5.74) is 3.03. The highest BCUT2D eigenvalue weighted by Crippen LogP contribution is 2.51. The number of aliphatic hydroxyl groups is 1. The van der Waals surface area contributed by atoms with Crippen LogP contribution in [0.25, 0.3) is 0 Å². The Morgan fingerprint density at radius 3 is 2.91 bits per heavy atom. The summed E-state index contributed by atoms with van der Waals surface area (Å²) in [6.07, 6.45) is 3.29. The molecule has 0 bridgehead atoms. The number of benzene rings is 1. The van der Waals surface area contributed by atoms with Crippen molar-refractivity contribution in [1.82, 2.24) is 20.3 Å². The average molecular weight is 314 g/mol. The molecule has 2 aromatic rings. The van der Waals surface area contributed by atoms with Crippen LogP contribution in [0.4, 0.5) is 0 Å². The molecule has 1 aliphatic carbocycles. The molecule has 2 aliphatic rings. The molecule has 2 heterocycles. The van der Waals surface area contributed by atoms with Crippen LogP contribution in [0, 0.1) is 0 Å². The molecule has 0 radical (unpaired) electrons. The molecular weight excluding hydrogens is 292 g/mol. The highest BCUT2D eigenvalue weighted by Gasteiger charge is 2.52. The molecular formula is C17H22N4O2. The number of fused-ring (bicyclic) bond motifs is 2. The monoisotopic (exact) mass is 314 g/mol. The number of ether oxygens (including phenoxy) is 1. The highest BCUT2D eigenvalue weighted by atomic mass is 16.5. The van der Waals surface area contributed by atoms with Gasteiger partial charge in [-0.05, 0) is 37.1 Å². The van der Waals surface area contributed by atoms with E-state index >= 15 is 0 Å². The van der Waals surface area contributed by atoms with Crippen molar-refractivity contribution in [2.24, 2.45) is 0 Å². The molecule has 0 saturated carbocycles. The van der Waals surface area contributed by atoms with Gasteiger partial charge in [-0.3, -0.25) is 0 Å². The fourth-order valence-electron chi connectivity index (χ4n) is 4.23. The molecule has 2 N–H and O–H groups in total. The predicted molar refractivity (Wildman–Crippen MR) is 85.1 cm³/mol. The zero-order valence-corrected chi connectivity index (χ0v) is 13.3. The summed E-state index contributed by atoms with van der Waals surface area (Å²) in [6, 6.07) is 8.19. The van der Waals surface area contributed by atoms with Crippen LogP contribution in [0.3, 0.4) is 0 Å². The Balaban J connectivity index is 1.78. The number of rotatable bonds is 3. The topological polar surface area (TPSA) is 72.2 Å². The van der Waals surface area contributed by atoms with Crippen LogP contribution in [0.5, 0.6) is 0 Å². The molecule has 0 amide bonds. The lowest BCUT2D eigenvalue weighted by Crippen LogP contribution is -2.47. The van der Waals surface area contributed by atoms with Crippen molar-refractivity contribution < 1.29 is 9.84 Å². The third-order valence-corrected chi connectivity index (χ3v) is 5.31. The van der Waals surface area contributed by atoms with E-state index in [-0.39, 0.29) is 11.5 Å². The van der Waals surface area contributed by atoms with E-state index in [1.54, 1.807) is 11.8 Å². The van der Waals surface area contributed by atoms with Crippen molar-refractivity contribution in [1.29, 1.82) is 0 Å². The van der Waals surface area contributed by atoms with Crippen LogP contribution in [0.15, 0.2) is 30.5 Å². The highest BCUT2D eigenvalue weighted by molar-refractivity contribution is 5.45. The van der Waals surface area contributed by atoms with Crippen molar-refractivity contribution in [3.63, 3.8) is 0 Å². The first-order valence-electron chi connectivity index (χ1n) is 8.14. The van der Waals surface area contributed by atoms with Crippen LogP contribution in [0.1, 0.15) is 35.7 Å². The van der Waals surface area contributed by atoms with Crippen molar-refractivity contribution in [2.75, 3.05) is 20.2 Å². The average Bonchev–Trinajstić information content (AvgIpc) is 3.12. The van der Waals surface area contributed by atoms with E-state index < -0.39 is 6.10 Å². The quantitative estimate of drug-likeness (QED) is 0.885. The van der Waals surface area contributed by atoms with Gasteiger partial charge in [-0.15, -0.1) is 5.10 Å². The van der Waals surface area contributed by atoms with Gasteiger partial charge in [0.05, 0.1) is 18.9 Å². The van der Waals surface area contributed by atoms with Gasteiger partial charge in [0.2, 0.25) is 0 Å². The summed E-state index contributed by atoms with van der Waals surface area (Å²) in [4.78, 5) is 0. The van der Waals surface area contributed by atoms with Crippen molar-refractivity contribution in [2.45, 2.75) is 37.0 Å². The zero-order chi connectivity index (χ0) is 15.9. The standard InChI is InChI=1S/C17H22N4O2/c1-23-11-12-10-21(20-19-12)15-13-4-2-3-5-14(13)17(16(15)22)6-8-18-9-7-17/h2-5,10,15-16,18,22H,6-9,11H2,1H3/t15-,16+/m0/s1. The van der Waals surface area contributed by atoms with E-state index in [0.717, 1.165) is 37.2 Å². The van der Waals surface area contributed by atoms with Crippen molar-refractivity contribution in [3.05, 3.63) is 47.3 Å². The molecule has 1 spiro atoms. The SMILES string of the molecule is COCc1cn([C@H]2c3ccccc3C3(CCNCC3)[C@@H]2O)nn1. The number of hydrogen-bond donors (Lipinski definition) is 2. The molecule has 122 valence electrons. The summed E-state index contributed by atoms with van der Waals surface area (Å²) in [5, 5.41) is 23.0. The summed E-state index contributed by atoms with van der Waals surface area (Å²) >= 11 is 0. The molecule has 1 aromatic carbocycles. The van der Waals surface area contributed by atoms with Crippen LogP contribution in [-0.2, 0) is 16.8 Å². The first-order chi connectivity index (χ1) is 11.3. The first-order valence-corrected chi connectivity index (χ1v) is 8.14. The van der Waals surface area contributed by atoms with Gasteiger partial charge >= 0.3 is 0 Å². The number of aromatic nitrogens is 3. The summed E-state index contributed by atoms with van der Waals surface area (Å²) in [6.45, 7) is 2.30. The second-order valence-corrected chi connectivity index (χ2v) is 6.51. The van der Waals surface area contributed by atoms with Gasteiger partial charge in [-0.25, -0.2) is 4.68 Å². The number of hydrogen-bond acceptors (Lipinski definition) is 5. The second-order valence-electron chi connectivity index (χ2n) is 6.51. The van der Waals surface area contributed by atoms with Crippen LogP contribution in [0.2, 0.25) is 0 Å². The number of methoxy groups -OCH3 is 1. The normalized spacial score (nSPS) is 25.7. The minimum Gasteiger partial charge on any atom is -0.390 e. The molecule has 1 fully saturated rings. The van der Waals surface area contributed by atoms with Crippen LogP contribution in [-0.4, -0.2) is 46.4 Å². The molecule has 23 heavy (non-hydrogen) atoms. The molecule has 1 aromatic heterocycles. The van der Waals surface area contributed by atoms with Crippen molar-refractivity contribution in [3.8, 4) is 0 Å². The maximum atomic E-state index is 11.2. The van der Waals surface area contributed by atoms with E-state index in [2.05, 4.69) is 33.8 Å². The molecule has 0 unspecified atom stereocenters. The molecule has 2 atom stereocenters. The third kappa shape index (κ3) is 2.21. The van der Waals surface area contributed by atoms with E-state index in [9.17, 15) is 5.11 Å². The van der Waals surface area contributed by atoms with E-state index in [1.807, 2.05) is 12.3 Å². The number of nitrogens with one attached hydrogen (secondary N) is 1. The van der Waals surface area contributed by atoms with Gasteiger partial charge in [0.1, 0.15) is 11.7 Å². The van der Waals surface area contributed by atoms with Crippen LogP contribution < -0.4 is 5.32 Å². The summed E-state index contributed by atoms with van der Waals surface area (Å²) < 4.78 is 6.92. The lowest BCUT2D eigenvalue weighted by Gasteiger charge is -2.38. The Labute approximate surface area is 135 Å². The third-order valence-electron chi connectivity index (χ3n) is 5.31. The molecule has 1 aliphatic heterocycles. The predicted octanol–water partition coefficient (Wildman–Crippen LogP) is 1.01. The zero-order valence-electron chi connectivity index (χ0n) is 13.3. The van der Waals surface area contributed by atoms with Gasteiger partial charge in [-0.1, -0.05) is 29.5 Å². The number of nitrogens with zero attached hydrogens (tertiary/aromatic N) is 3. The minimum absolute atomic E-state index is 0.178. The molecule has 6 heteroatoms. The van der Waals surface area contributed by atoms with E-state index in [1.165, 1.54) is 5.56 Å². The van der Waals surface area contributed by atoms with Crippen molar-refractivity contribution >= 4 is 0 Å². The number of aliphatic hydroxyl groups excluding tert-OH is 1. The maximum Gasteiger partial charge on any atom is 0.108 e.